The van der Waals surface area contributed by atoms with E-state index >= 15 is 0 Å². The predicted octanol–water partition coefficient (Wildman–Crippen LogP) is 4.11. The molecule has 0 amide bonds. The average Bonchev–Trinajstić information content (AvgIpc) is 2.76. The summed E-state index contributed by atoms with van der Waals surface area (Å²) in [6, 6.07) is 16.2. The third kappa shape index (κ3) is 2.42. The van der Waals surface area contributed by atoms with E-state index in [2.05, 4.69) is 45.5 Å². The lowest BCUT2D eigenvalue weighted by molar-refractivity contribution is 0.112. The number of fused-ring (bicyclic) bond motifs is 1. The minimum absolute atomic E-state index is 0.719. The Labute approximate surface area is 125 Å². The molecule has 2 nitrogen and oxygen atoms in total. The maximum atomic E-state index is 10.9. The molecule has 94 valence electrons. The van der Waals surface area contributed by atoms with Gasteiger partial charge in [0.05, 0.1) is 5.52 Å². The SMILES string of the molecule is O=Cc1ccc2c(I)cn(Cc3ccccc3)c2c1. The van der Waals surface area contributed by atoms with Crippen LogP contribution in [0.2, 0.25) is 0 Å². The number of carbonyl (C=O) groups excluding carboxylic acids is 1. The molecule has 1 heterocycles. The van der Waals surface area contributed by atoms with Gasteiger partial charge in [0.1, 0.15) is 6.29 Å². The summed E-state index contributed by atoms with van der Waals surface area (Å²) in [5.74, 6) is 0. The van der Waals surface area contributed by atoms with E-state index in [0.29, 0.717) is 0 Å². The van der Waals surface area contributed by atoms with Crippen LogP contribution in [0.5, 0.6) is 0 Å². The number of aldehydes is 1. The Balaban J connectivity index is 2.10. The molecule has 0 atom stereocenters. The van der Waals surface area contributed by atoms with Gasteiger partial charge in [0, 0.05) is 27.3 Å². The third-order valence-electron chi connectivity index (χ3n) is 3.19. The number of halogens is 1. The molecule has 0 aliphatic carbocycles. The number of aromatic nitrogens is 1. The van der Waals surface area contributed by atoms with Gasteiger partial charge in [0.25, 0.3) is 0 Å². The zero-order chi connectivity index (χ0) is 13.2. The Morgan fingerprint density at radius 3 is 2.63 bits per heavy atom. The van der Waals surface area contributed by atoms with Crippen molar-refractivity contribution in [3.63, 3.8) is 0 Å². The van der Waals surface area contributed by atoms with Crippen molar-refractivity contribution < 1.29 is 4.79 Å². The summed E-state index contributed by atoms with van der Waals surface area (Å²) in [5.41, 5.74) is 3.08. The lowest BCUT2D eigenvalue weighted by Gasteiger charge is -2.05. The Hall–Kier alpha value is -1.62. The highest BCUT2D eigenvalue weighted by Gasteiger charge is 2.07. The van der Waals surface area contributed by atoms with Gasteiger partial charge in [-0.1, -0.05) is 42.5 Å². The lowest BCUT2D eigenvalue weighted by atomic mass is 10.2. The number of hydrogen-bond donors (Lipinski definition) is 0. The zero-order valence-electron chi connectivity index (χ0n) is 10.2. The number of rotatable bonds is 3. The summed E-state index contributed by atoms with van der Waals surface area (Å²) < 4.78 is 3.40. The molecule has 3 aromatic rings. The van der Waals surface area contributed by atoms with Crippen molar-refractivity contribution in [3.05, 3.63) is 69.4 Å². The van der Waals surface area contributed by atoms with Crippen LogP contribution in [-0.4, -0.2) is 10.9 Å². The van der Waals surface area contributed by atoms with Crippen molar-refractivity contribution in [2.75, 3.05) is 0 Å². The van der Waals surface area contributed by atoms with Crippen LogP contribution >= 0.6 is 22.6 Å². The molecule has 1 aromatic heterocycles. The molecule has 0 radical (unpaired) electrons. The second kappa shape index (κ2) is 5.17. The molecule has 0 saturated heterocycles. The standard InChI is InChI=1S/C16H12INO/c17-15-10-18(9-12-4-2-1-3-5-12)16-8-13(11-19)6-7-14(15)16/h1-8,10-11H,9H2. The van der Waals surface area contributed by atoms with E-state index in [-0.39, 0.29) is 0 Å². The van der Waals surface area contributed by atoms with Crippen LogP contribution in [-0.2, 0) is 6.54 Å². The molecule has 0 fully saturated rings. The van der Waals surface area contributed by atoms with E-state index < -0.39 is 0 Å². The largest absolute Gasteiger partial charge is 0.342 e. The molecule has 0 aliphatic heterocycles. The highest BCUT2D eigenvalue weighted by molar-refractivity contribution is 14.1. The molecule has 0 aliphatic rings. The second-order valence-corrected chi connectivity index (χ2v) is 5.65. The van der Waals surface area contributed by atoms with Crippen LogP contribution in [0, 0.1) is 3.57 Å². The first-order chi connectivity index (χ1) is 9.28. The van der Waals surface area contributed by atoms with Crippen LogP contribution in [0.15, 0.2) is 54.7 Å². The van der Waals surface area contributed by atoms with Gasteiger partial charge in [0.15, 0.2) is 0 Å². The predicted molar refractivity (Wildman–Crippen MR) is 85.6 cm³/mol. The molecular formula is C16H12INO. The Kier molecular flexibility index (Phi) is 3.38. The van der Waals surface area contributed by atoms with E-state index in [1.807, 2.05) is 36.4 Å². The summed E-state index contributed by atoms with van der Waals surface area (Å²) in [6.07, 6.45) is 3.03. The van der Waals surface area contributed by atoms with Crippen LogP contribution < -0.4 is 0 Å². The summed E-state index contributed by atoms with van der Waals surface area (Å²) in [4.78, 5) is 10.9. The average molecular weight is 361 g/mol. The molecule has 2 aromatic carbocycles. The highest BCUT2D eigenvalue weighted by Crippen LogP contribution is 2.24. The minimum atomic E-state index is 0.719. The van der Waals surface area contributed by atoms with Crippen LogP contribution in [0.1, 0.15) is 15.9 Å². The van der Waals surface area contributed by atoms with Gasteiger partial charge in [-0.2, -0.15) is 0 Å². The molecule has 3 rings (SSSR count). The van der Waals surface area contributed by atoms with E-state index in [1.54, 1.807) is 0 Å². The van der Waals surface area contributed by atoms with E-state index in [0.717, 1.165) is 23.9 Å². The van der Waals surface area contributed by atoms with Gasteiger partial charge in [-0.3, -0.25) is 4.79 Å². The zero-order valence-corrected chi connectivity index (χ0v) is 12.4. The van der Waals surface area contributed by atoms with E-state index in [1.165, 1.54) is 14.5 Å². The molecule has 0 N–H and O–H groups in total. The van der Waals surface area contributed by atoms with Crippen molar-refractivity contribution in [1.29, 1.82) is 0 Å². The summed E-state index contributed by atoms with van der Waals surface area (Å²) in [5, 5.41) is 1.20. The third-order valence-corrected chi connectivity index (χ3v) is 4.05. The first-order valence-electron chi connectivity index (χ1n) is 6.05. The first-order valence-corrected chi connectivity index (χ1v) is 7.13. The number of benzene rings is 2. The van der Waals surface area contributed by atoms with Gasteiger partial charge >= 0.3 is 0 Å². The van der Waals surface area contributed by atoms with E-state index in [9.17, 15) is 4.79 Å². The summed E-state index contributed by atoms with van der Waals surface area (Å²) in [7, 11) is 0. The molecule has 0 bridgehead atoms. The highest BCUT2D eigenvalue weighted by atomic mass is 127. The van der Waals surface area contributed by atoms with Gasteiger partial charge in [-0.05, 0) is 34.2 Å². The van der Waals surface area contributed by atoms with Crippen LogP contribution in [0.4, 0.5) is 0 Å². The van der Waals surface area contributed by atoms with Crippen molar-refractivity contribution in [3.8, 4) is 0 Å². The fraction of sp³-hybridized carbons (Fsp3) is 0.0625. The monoisotopic (exact) mass is 361 g/mol. The molecular weight excluding hydrogens is 349 g/mol. The molecule has 0 spiro atoms. The van der Waals surface area contributed by atoms with Gasteiger partial charge in [-0.25, -0.2) is 0 Å². The van der Waals surface area contributed by atoms with E-state index in [4.69, 9.17) is 0 Å². The fourth-order valence-corrected chi connectivity index (χ4v) is 3.04. The van der Waals surface area contributed by atoms with Crippen LogP contribution in [0.3, 0.4) is 0 Å². The quantitative estimate of drug-likeness (QED) is 0.509. The Bertz CT molecular complexity index is 731. The first kappa shape index (κ1) is 12.4. The topological polar surface area (TPSA) is 22.0 Å². The second-order valence-electron chi connectivity index (χ2n) is 4.48. The molecule has 0 unspecified atom stereocenters. The fourth-order valence-electron chi connectivity index (χ4n) is 2.25. The van der Waals surface area contributed by atoms with Gasteiger partial charge in [0.2, 0.25) is 0 Å². The minimum Gasteiger partial charge on any atom is -0.342 e. The lowest BCUT2D eigenvalue weighted by Crippen LogP contribution is -1.97. The summed E-state index contributed by atoms with van der Waals surface area (Å²) in [6.45, 7) is 0.822. The Morgan fingerprint density at radius 1 is 1.11 bits per heavy atom. The molecule has 19 heavy (non-hydrogen) atoms. The van der Waals surface area contributed by atoms with Gasteiger partial charge < -0.3 is 4.57 Å². The van der Waals surface area contributed by atoms with Crippen molar-refractivity contribution >= 4 is 39.8 Å². The van der Waals surface area contributed by atoms with Crippen molar-refractivity contribution in [1.82, 2.24) is 4.57 Å². The normalized spacial score (nSPS) is 10.8. The van der Waals surface area contributed by atoms with Crippen LogP contribution in [0.25, 0.3) is 10.9 Å². The molecule has 0 saturated carbocycles. The number of nitrogens with zero attached hydrogens (tertiary/aromatic N) is 1. The Morgan fingerprint density at radius 2 is 1.89 bits per heavy atom. The summed E-state index contributed by atoms with van der Waals surface area (Å²) >= 11 is 2.34. The van der Waals surface area contributed by atoms with Crippen molar-refractivity contribution in [2.24, 2.45) is 0 Å². The number of carbonyl (C=O) groups is 1. The smallest absolute Gasteiger partial charge is 0.150 e. The van der Waals surface area contributed by atoms with Gasteiger partial charge in [-0.15, -0.1) is 0 Å². The molecule has 3 heteroatoms. The number of hydrogen-bond acceptors (Lipinski definition) is 1. The van der Waals surface area contributed by atoms with Crippen molar-refractivity contribution in [2.45, 2.75) is 6.54 Å². The maximum absolute atomic E-state index is 10.9. The maximum Gasteiger partial charge on any atom is 0.150 e.